The van der Waals surface area contributed by atoms with Crippen LogP contribution >= 0.6 is 0 Å². The number of aromatic nitrogens is 4. The molecule has 8 bridgehead atoms. The fourth-order valence-electron chi connectivity index (χ4n) is 10.6. The van der Waals surface area contributed by atoms with Crippen molar-refractivity contribution < 1.29 is 85.3 Å². The van der Waals surface area contributed by atoms with Crippen molar-refractivity contribution in [3.05, 3.63) is 200 Å². The van der Waals surface area contributed by atoms with E-state index < -0.39 is 0 Å². The summed E-state index contributed by atoms with van der Waals surface area (Å²) >= 11 is 0. The number of ether oxygens (including phenoxy) is 18. The highest BCUT2D eigenvalue weighted by molar-refractivity contribution is 5.86. The van der Waals surface area contributed by atoms with E-state index in [-0.39, 0.29) is 39.6 Å². The molecule has 0 aliphatic carbocycles. The van der Waals surface area contributed by atoms with Crippen LogP contribution in [-0.2, 0) is 56.8 Å². The molecular formula is C74H92N4O18. The first-order chi connectivity index (χ1) is 47.4. The van der Waals surface area contributed by atoms with E-state index in [1.165, 1.54) is 0 Å². The van der Waals surface area contributed by atoms with Crippen LogP contribution in [0.4, 0.5) is 0 Å². The Morgan fingerprint density at radius 2 is 0.427 bits per heavy atom. The van der Waals surface area contributed by atoms with Gasteiger partial charge in [0.1, 0.15) is 74.1 Å². The number of rotatable bonds is 46. The molecule has 22 heteroatoms. The zero-order chi connectivity index (χ0) is 66.8. The number of hydrogen-bond donors (Lipinski definition) is 4. The van der Waals surface area contributed by atoms with E-state index in [1.54, 1.807) is 42.7 Å². The third-order valence-corrected chi connectivity index (χ3v) is 15.0. The van der Waals surface area contributed by atoms with Crippen molar-refractivity contribution in [1.82, 2.24) is 19.9 Å². The standard InChI is InChI=1S/C74H92N4O18/c1-79-20-26-85-32-38-91-57-44-54(45-58(50-57)92-39-33-86-27-21-80-2)72-65-14-12-63(75-65)71(53-10-8-7-9-11-53)64-13-15-66(76-64)73(55-46-59(93-40-34-87-28-22-81-3)51-60(47-55)94-41-35-88-29-23-82-4)68-17-19-70(78-68)74(69-18-16-67(72)77-69)56-48-61(95-42-36-89-30-24-83-5)52-62(49-56)96-43-37-90-31-25-84-6/h7-19,44-52,75-78H,20-43H2,1-6H3. The molecule has 22 nitrogen and oxygen atoms in total. The van der Waals surface area contributed by atoms with Gasteiger partial charge in [-0.25, -0.2) is 0 Å². The maximum atomic E-state index is 6.51. The molecule has 0 spiro atoms. The maximum Gasteiger partial charge on any atom is 0.123 e. The van der Waals surface area contributed by atoms with E-state index in [0.29, 0.717) is 153 Å². The van der Waals surface area contributed by atoms with Crippen LogP contribution in [0.5, 0.6) is 34.5 Å². The van der Waals surface area contributed by atoms with Crippen molar-refractivity contribution in [2.45, 2.75) is 0 Å². The number of fused-ring (bicyclic) bond motifs is 8. The molecule has 96 heavy (non-hydrogen) atoms. The predicted molar refractivity (Wildman–Crippen MR) is 363 cm³/mol. The molecule has 0 atom stereocenters. The smallest absolute Gasteiger partial charge is 0.123 e. The van der Waals surface area contributed by atoms with E-state index in [4.69, 9.17) is 85.3 Å². The van der Waals surface area contributed by atoms with Gasteiger partial charge in [-0.1, -0.05) is 30.3 Å². The molecule has 0 saturated heterocycles. The first-order valence-corrected chi connectivity index (χ1v) is 32.4. The lowest BCUT2D eigenvalue weighted by atomic mass is 10.0. The second-order valence-corrected chi connectivity index (χ2v) is 21.8. The molecule has 1 aliphatic heterocycles. The fourth-order valence-corrected chi connectivity index (χ4v) is 10.6. The van der Waals surface area contributed by atoms with Crippen molar-refractivity contribution in [3.63, 3.8) is 0 Å². The van der Waals surface area contributed by atoms with E-state index in [9.17, 15) is 0 Å². The van der Waals surface area contributed by atoms with Gasteiger partial charge in [-0.05, 0) is 107 Å². The van der Waals surface area contributed by atoms with Crippen molar-refractivity contribution >= 4 is 22.3 Å². The van der Waals surface area contributed by atoms with Crippen molar-refractivity contribution in [1.29, 1.82) is 0 Å². The lowest BCUT2D eigenvalue weighted by Gasteiger charge is -2.15. The SMILES string of the molecule is COCCOCCOc1cc(OCCOCCOC)cc(C2=c3ccc([nH]3)=C(c3ccccc3)c3ccc([nH]3)C(c3cc(OCCOCCOC)cc(OCCOCCOC)c3)=c3ccc([nH]3)=C(c3cc(OCCOCCOC)cc(OCCOCCOC)c3)c3ccc2[nH]3)c1. The molecule has 5 heterocycles. The van der Waals surface area contributed by atoms with Gasteiger partial charge in [-0.3, -0.25) is 0 Å². The van der Waals surface area contributed by atoms with E-state index in [0.717, 1.165) is 88.7 Å². The average molecular weight is 1330 g/mol. The Morgan fingerprint density at radius 3 is 0.656 bits per heavy atom. The van der Waals surface area contributed by atoms with E-state index in [1.807, 2.05) is 72.8 Å². The van der Waals surface area contributed by atoms with Crippen LogP contribution in [0.25, 0.3) is 22.3 Å². The van der Waals surface area contributed by atoms with Gasteiger partial charge in [0.05, 0.1) is 119 Å². The predicted octanol–water partition coefficient (Wildman–Crippen LogP) is 6.55. The summed E-state index contributed by atoms with van der Waals surface area (Å²) in [5.74, 6) is 3.45. The molecule has 1 aliphatic rings. The van der Waals surface area contributed by atoms with Gasteiger partial charge in [-0.15, -0.1) is 0 Å². The largest absolute Gasteiger partial charge is 0.491 e. The first kappa shape index (κ1) is 72.1. The van der Waals surface area contributed by atoms with Gasteiger partial charge in [0.25, 0.3) is 0 Å². The summed E-state index contributed by atoms with van der Waals surface area (Å²) in [4.78, 5) is 15.7. The lowest BCUT2D eigenvalue weighted by molar-refractivity contribution is 0.0532. The molecular weight excluding hydrogens is 1230 g/mol. The summed E-state index contributed by atoms with van der Waals surface area (Å²) in [5.41, 5.74) is 9.96. The molecule has 516 valence electrons. The Kier molecular flexibility index (Phi) is 30.3. The average Bonchev–Trinajstić information content (AvgIpc) is 1.65. The Labute approximate surface area is 560 Å². The third-order valence-electron chi connectivity index (χ3n) is 15.0. The zero-order valence-corrected chi connectivity index (χ0v) is 56.0. The minimum absolute atomic E-state index is 0.268. The van der Waals surface area contributed by atoms with Gasteiger partial charge in [-0.2, -0.15) is 0 Å². The molecule has 0 unspecified atom stereocenters. The topological polar surface area (TPSA) is 229 Å². The number of methoxy groups -OCH3 is 6. The maximum absolute atomic E-state index is 6.51. The number of benzene rings is 4. The van der Waals surface area contributed by atoms with Gasteiger partial charge in [0.15, 0.2) is 0 Å². The van der Waals surface area contributed by atoms with Gasteiger partial charge in [0.2, 0.25) is 0 Å². The highest BCUT2D eigenvalue weighted by atomic mass is 16.6. The molecule has 4 aromatic carbocycles. The van der Waals surface area contributed by atoms with Crippen LogP contribution in [0.3, 0.4) is 0 Å². The molecule has 4 N–H and O–H groups in total. The van der Waals surface area contributed by atoms with E-state index >= 15 is 0 Å². The molecule has 0 amide bonds. The molecule has 8 aromatic rings. The van der Waals surface area contributed by atoms with Crippen molar-refractivity contribution in [3.8, 4) is 34.5 Å². The van der Waals surface area contributed by atoms with Crippen LogP contribution in [0, 0.1) is 0 Å². The van der Waals surface area contributed by atoms with Crippen LogP contribution in [0.15, 0.2) is 133 Å². The van der Waals surface area contributed by atoms with Crippen LogP contribution in [-0.4, -0.2) is 221 Å². The Balaban J connectivity index is 1.29. The normalized spacial score (nSPS) is 12.2. The van der Waals surface area contributed by atoms with Crippen LogP contribution in [0.2, 0.25) is 0 Å². The molecule has 4 aromatic heterocycles. The van der Waals surface area contributed by atoms with Crippen LogP contribution < -0.4 is 49.8 Å². The highest BCUT2D eigenvalue weighted by Crippen LogP contribution is 2.35. The number of nitrogens with one attached hydrogen (secondary N) is 4. The van der Waals surface area contributed by atoms with Crippen molar-refractivity contribution in [2.75, 3.05) is 201 Å². The summed E-state index contributed by atoms with van der Waals surface area (Å²) in [7, 11) is 9.88. The number of H-pyrrole nitrogens is 4. The lowest BCUT2D eigenvalue weighted by Crippen LogP contribution is -2.19. The third kappa shape index (κ3) is 21.9. The van der Waals surface area contributed by atoms with E-state index in [2.05, 4.69) is 80.6 Å². The summed E-state index contributed by atoms with van der Waals surface area (Å²) < 4.78 is 105. The van der Waals surface area contributed by atoms with Crippen molar-refractivity contribution in [2.24, 2.45) is 0 Å². The molecule has 9 rings (SSSR count). The van der Waals surface area contributed by atoms with Gasteiger partial charge in [0, 0.05) is 127 Å². The Bertz CT molecular complexity index is 3740. The molecule has 0 saturated carbocycles. The minimum atomic E-state index is 0.268. The molecule has 0 radical (unpaired) electrons. The van der Waals surface area contributed by atoms with Gasteiger partial charge >= 0.3 is 0 Å². The van der Waals surface area contributed by atoms with Gasteiger partial charge < -0.3 is 105 Å². The zero-order valence-electron chi connectivity index (χ0n) is 56.0. The number of hydrogen-bond acceptors (Lipinski definition) is 18. The fraction of sp³-hybridized carbons (Fsp3) is 0.405. The quantitative estimate of drug-likeness (QED) is 0.0296. The second kappa shape index (κ2) is 40.4. The monoisotopic (exact) mass is 1320 g/mol. The Hall–Kier alpha value is -8.20. The summed E-state index contributed by atoms with van der Waals surface area (Å²) in [6, 6.07) is 44.9. The summed E-state index contributed by atoms with van der Waals surface area (Å²) in [6.07, 6.45) is 0. The molecule has 0 fully saturated rings. The second-order valence-electron chi connectivity index (χ2n) is 21.8. The Morgan fingerprint density at radius 1 is 0.208 bits per heavy atom. The highest BCUT2D eigenvalue weighted by Gasteiger charge is 2.22. The minimum Gasteiger partial charge on any atom is -0.491 e. The van der Waals surface area contributed by atoms with Crippen LogP contribution in [0.1, 0.15) is 45.0 Å². The number of aromatic amines is 4. The summed E-state index contributed by atoms with van der Waals surface area (Å²) in [5, 5.41) is 3.20. The first-order valence-electron chi connectivity index (χ1n) is 32.4. The summed E-state index contributed by atoms with van der Waals surface area (Å²) in [6.45, 7) is 9.16.